The smallest absolute Gasteiger partial charge is 0.229 e. The Balaban J connectivity index is 1.78. The van der Waals surface area contributed by atoms with Crippen LogP contribution in [0.3, 0.4) is 0 Å². The summed E-state index contributed by atoms with van der Waals surface area (Å²) in [7, 11) is 1.61. The van der Waals surface area contributed by atoms with Gasteiger partial charge < -0.3 is 15.0 Å². The number of methoxy groups -OCH3 is 1. The van der Waals surface area contributed by atoms with E-state index >= 15 is 0 Å². The highest BCUT2D eigenvalue weighted by molar-refractivity contribution is 5.96. The number of hydrogen-bond acceptors (Lipinski definition) is 3. The first-order valence-corrected chi connectivity index (χ1v) is 8.38. The highest BCUT2D eigenvalue weighted by atomic mass is 16.5. The summed E-state index contributed by atoms with van der Waals surface area (Å²) >= 11 is 0. The number of ether oxygens (including phenoxy) is 1. The molecule has 0 fully saturated rings. The summed E-state index contributed by atoms with van der Waals surface area (Å²) in [5.74, 6) is 0.597. The van der Waals surface area contributed by atoms with Crippen molar-refractivity contribution in [1.82, 2.24) is 5.32 Å². The van der Waals surface area contributed by atoms with Crippen molar-refractivity contribution in [3.8, 4) is 5.75 Å². The van der Waals surface area contributed by atoms with Gasteiger partial charge in [0.05, 0.1) is 19.6 Å². The maximum absolute atomic E-state index is 12.8. The number of benzene rings is 2. The number of rotatable bonds is 5. The molecule has 0 bridgehead atoms. The molecule has 1 heterocycles. The van der Waals surface area contributed by atoms with Crippen LogP contribution in [0.1, 0.15) is 30.5 Å². The van der Waals surface area contributed by atoms with Crippen LogP contribution >= 0.6 is 0 Å². The Kier molecular flexibility index (Phi) is 5.03. The van der Waals surface area contributed by atoms with Gasteiger partial charge >= 0.3 is 0 Å². The van der Waals surface area contributed by atoms with Crippen LogP contribution < -0.4 is 15.0 Å². The molecule has 0 spiro atoms. The first-order chi connectivity index (χ1) is 12.1. The average molecular weight is 338 g/mol. The van der Waals surface area contributed by atoms with E-state index in [1.807, 2.05) is 47.4 Å². The number of nitrogens with zero attached hydrogens (tertiary/aromatic N) is 1. The lowest BCUT2D eigenvalue weighted by Gasteiger charge is -2.23. The van der Waals surface area contributed by atoms with Crippen LogP contribution in [0.15, 0.2) is 48.5 Å². The van der Waals surface area contributed by atoms with Crippen molar-refractivity contribution in [2.75, 3.05) is 18.6 Å². The van der Waals surface area contributed by atoms with Crippen LogP contribution in [0.2, 0.25) is 0 Å². The van der Waals surface area contributed by atoms with Gasteiger partial charge in [-0.1, -0.05) is 30.3 Å². The molecule has 0 aliphatic carbocycles. The first kappa shape index (κ1) is 17.0. The van der Waals surface area contributed by atoms with Gasteiger partial charge in [0.15, 0.2) is 0 Å². The molecular formula is C20H22N2O3. The van der Waals surface area contributed by atoms with Crippen molar-refractivity contribution < 1.29 is 14.3 Å². The standard InChI is InChI=1S/C20H22N2O3/c1-14(23)21-18(15-7-9-17(25-2)10-8-15)13-20(24)22-12-11-16-5-3-4-6-19(16)22/h3-10,18H,11-13H2,1-2H3,(H,21,23)/t18-/m0/s1. The molecule has 1 aliphatic rings. The third-order valence-electron chi connectivity index (χ3n) is 4.46. The molecule has 1 N–H and O–H groups in total. The van der Waals surface area contributed by atoms with Gasteiger partial charge in [-0.25, -0.2) is 0 Å². The van der Waals surface area contributed by atoms with E-state index < -0.39 is 0 Å². The fraction of sp³-hybridized carbons (Fsp3) is 0.300. The zero-order chi connectivity index (χ0) is 17.8. The molecule has 0 unspecified atom stereocenters. The van der Waals surface area contributed by atoms with E-state index in [0.717, 1.165) is 23.4 Å². The molecule has 5 heteroatoms. The van der Waals surface area contributed by atoms with Gasteiger partial charge in [-0.15, -0.1) is 0 Å². The molecule has 1 atom stereocenters. The van der Waals surface area contributed by atoms with Crippen molar-refractivity contribution in [2.24, 2.45) is 0 Å². The quantitative estimate of drug-likeness (QED) is 0.912. The highest BCUT2D eigenvalue weighted by Crippen LogP contribution is 2.29. The molecule has 0 aromatic heterocycles. The molecule has 0 radical (unpaired) electrons. The number of para-hydroxylation sites is 1. The molecule has 5 nitrogen and oxygen atoms in total. The highest BCUT2D eigenvalue weighted by Gasteiger charge is 2.27. The summed E-state index contributed by atoms with van der Waals surface area (Å²) < 4.78 is 5.17. The zero-order valence-electron chi connectivity index (χ0n) is 14.5. The lowest BCUT2D eigenvalue weighted by Crippen LogP contribution is -2.35. The van der Waals surface area contributed by atoms with Crippen molar-refractivity contribution in [3.63, 3.8) is 0 Å². The van der Waals surface area contributed by atoms with Gasteiger partial charge in [0.1, 0.15) is 5.75 Å². The molecule has 130 valence electrons. The molecular weight excluding hydrogens is 316 g/mol. The minimum Gasteiger partial charge on any atom is -0.497 e. The van der Waals surface area contributed by atoms with Crippen LogP contribution in [0.5, 0.6) is 5.75 Å². The predicted molar refractivity (Wildman–Crippen MR) is 96.7 cm³/mol. The molecule has 0 saturated carbocycles. The molecule has 2 amide bonds. The fourth-order valence-electron chi connectivity index (χ4n) is 3.22. The van der Waals surface area contributed by atoms with Gasteiger partial charge in [-0.05, 0) is 35.7 Å². The van der Waals surface area contributed by atoms with E-state index in [2.05, 4.69) is 11.4 Å². The van der Waals surface area contributed by atoms with Gasteiger partial charge in [0, 0.05) is 19.2 Å². The van der Waals surface area contributed by atoms with Gasteiger partial charge in [-0.3, -0.25) is 9.59 Å². The molecule has 1 aliphatic heterocycles. The first-order valence-electron chi connectivity index (χ1n) is 8.38. The molecule has 2 aromatic rings. The van der Waals surface area contributed by atoms with Gasteiger partial charge in [-0.2, -0.15) is 0 Å². The zero-order valence-corrected chi connectivity index (χ0v) is 14.5. The third kappa shape index (κ3) is 3.82. The average Bonchev–Trinajstić information content (AvgIpc) is 3.05. The maximum Gasteiger partial charge on any atom is 0.229 e. The monoisotopic (exact) mass is 338 g/mol. The second-order valence-corrected chi connectivity index (χ2v) is 6.15. The largest absolute Gasteiger partial charge is 0.497 e. The van der Waals surface area contributed by atoms with Crippen LogP contribution in [0.25, 0.3) is 0 Å². The van der Waals surface area contributed by atoms with E-state index in [9.17, 15) is 9.59 Å². The van der Waals surface area contributed by atoms with Crippen LogP contribution in [0.4, 0.5) is 5.69 Å². The van der Waals surface area contributed by atoms with Crippen molar-refractivity contribution in [1.29, 1.82) is 0 Å². The normalized spacial score (nSPS) is 13.9. The minimum absolute atomic E-state index is 0.0134. The Hall–Kier alpha value is -2.82. The lowest BCUT2D eigenvalue weighted by atomic mass is 10.0. The molecule has 3 rings (SSSR count). The number of hydrogen-bond donors (Lipinski definition) is 1. The number of fused-ring (bicyclic) bond motifs is 1. The molecule has 25 heavy (non-hydrogen) atoms. The Bertz CT molecular complexity index is 771. The summed E-state index contributed by atoms with van der Waals surface area (Å²) in [4.78, 5) is 26.3. The number of nitrogens with one attached hydrogen (secondary N) is 1. The van der Waals surface area contributed by atoms with Crippen LogP contribution in [-0.4, -0.2) is 25.5 Å². The van der Waals surface area contributed by atoms with E-state index in [0.29, 0.717) is 6.54 Å². The molecule has 0 saturated heterocycles. The van der Waals surface area contributed by atoms with E-state index in [1.54, 1.807) is 7.11 Å². The number of amides is 2. The lowest BCUT2D eigenvalue weighted by molar-refractivity contribution is -0.121. The number of carbonyl (C=O) groups excluding carboxylic acids is 2. The summed E-state index contributed by atoms with van der Waals surface area (Å²) in [5.41, 5.74) is 3.05. The summed E-state index contributed by atoms with van der Waals surface area (Å²) in [6.45, 7) is 2.15. The van der Waals surface area contributed by atoms with E-state index in [4.69, 9.17) is 4.74 Å². The second kappa shape index (κ2) is 7.38. The van der Waals surface area contributed by atoms with Crippen LogP contribution in [0, 0.1) is 0 Å². The SMILES string of the molecule is COc1ccc([C@H](CC(=O)N2CCc3ccccc32)NC(C)=O)cc1. The number of carbonyl (C=O) groups is 2. The van der Waals surface area contributed by atoms with Crippen molar-refractivity contribution >= 4 is 17.5 Å². The van der Waals surface area contributed by atoms with E-state index in [1.165, 1.54) is 12.5 Å². The second-order valence-electron chi connectivity index (χ2n) is 6.15. The maximum atomic E-state index is 12.8. The Morgan fingerprint density at radius 2 is 1.88 bits per heavy atom. The Morgan fingerprint density at radius 3 is 2.56 bits per heavy atom. The topological polar surface area (TPSA) is 58.6 Å². The van der Waals surface area contributed by atoms with Gasteiger partial charge in [0.2, 0.25) is 11.8 Å². The van der Waals surface area contributed by atoms with E-state index in [-0.39, 0.29) is 24.3 Å². The van der Waals surface area contributed by atoms with Crippen molar-refractivity contribution in [2.45, 2.75) is 25.8 Å². The summed E-state index contributed by atoms with van der Waals surface area (Å²) in [6.07, 6.45) is 1.09. The Labute approximate surface area is 147 Å². The third-order valence-corrected chi connectivity index (χ3v) is 4.46. The summed E-state index contributed by atoms with van der Waals surface area (Å²) in [6, 6.07) is 15.0. The predicted octanol–water partition coefficient (Wildman–Crippen LogP) is 2.85. The number of anilines is 1. The fourth-order valence-corrected chi connectivity index (χ4v) is 3.22. The summed E-state index contributed by atoms with van der Waals surface area (Å²) in [5, 5.41) is 2.88. The minimum atomic E-state index is -0.358. The van der Waals surface area contributed by atoms with Crippen LogP contribution in [-0.2, 0) is 16.0 Å². The molecule has 2 aromatic carbocycles. The Morgan fingerprint density at radius 1 is 1.16 bits per heavy atom. The van der Waals surface area contributed by atoms with Crippen molar-refractivity contribution in [3.05, 3.63) is 59.7 Å². The van der Waals surface area contributed by atoms with Gasteiger partial charge in [0.25, 0.3) is 0 Å².